The average Bonchev–Trinajstić information content (AvgIpc) is 3.01. The van der Waals surface area contributed by atoms with E-state index in [2.05, 4.69) is 22.4 Å². The van der Waals surface area contributed by atoms with Crippen molar-refractivity contribution in [1.29, 1.82) is 0 Å². The molecule has 0 aliphatic carbocycles. The van der Waals surface area contributed by atoms with Crippen LogP contribution in [0.15, 0.2) is 28.7 Å². The average molecular weight is 330 g/mol. The predicted molar refractivity (Wildman–Crippen MR) is 89.5 cm³/mol. The molecule has 7 nitrogen and oxygen atoms in total. The van der Waals surface area contributed by atoms with E-state index < -0.39 is 0 Å². The van der Waals surface area contributed by atoms with Crippen molar-refractivity contribution in [3.63, 3.8) is 0 Å². The molecule has 2 unspecified atom stereocenters. The Balaban J connectivity index is 1.68. The lowest BCUT2D eigenvalue weighted by molar-refractivity contribution is 0.0811. The van der Waals surface area contributed by atoms with E-state index in [4.69, 9.17) is 4.42 Å². The number of benzene rings is 1. The molecule has 128 valence electrons. The zero-order valence-electron chi connectivity index (χ0n) is 13.9. The van der Waals surface area contributed by atoms with Gasteiger partial charge in [-0.05, 0) is 43.0 Å². The van der Waals surface area contributed by atoms with Crippen LogP contribution in [-0.2, 0) is 0 Å². The predicted octanol–water partition coefficient (Wildman–Crippen LogP) is 2.67. The number of piperidine rings is 1. The first kappa shape index (κ1) is 16.4. The van der Waals surface area contributed by atoms with Crippen LogP contribution >= 0.6 is 0 Å². The second-order valence-electron chi connectivity index (χ2n) is 6.20. The van der Waals surface area contributed by atoms with Gasteiger partial charge in [-0.1, -0.05) is 6.92 Å². The summed E-state index contributed by atoms with van der Waals surface area (Å²) in [4.78, 5) is 14.2. The first-order valence-corrected chi connectivity index (χ1v) is 8.17. The van der Waals surface area contributed by atoms with Crippen molar-refractivity contribution < 1.29 is 14.3 Å². The number of aliphatic hydroxyl groups excluding tert-OH is 1. The van der Waals surface area contributed by atoms with Gasteiger partial charge in [0.25, 0.3) is 0 Å². The van der Waals surface area contributed by atoms with E-state index in [-0.39, 0.29) is 18.7 Å². The lowest BCUT2D eigenvalue weighted by Crippen LogP contribution is -2.51. The third-order valence-corrected chi connectivity index (χ3v) is 4.47. The zero-order chi connectivity index (χ0) is 17.1. The molecule has 2 N–H and O–H groups in total. The fourth-order valence-electron chi connectivity index (χ4n) is 3.08. The number of amides is 2. The van der Waals surface area contributed by atoms with E-state index >= 15 is 0 Å². The Kier molecular flexibility index (Phi) is 4.80. The maximum Gasteiger partial charge on any atom is 0.322 e. The van der Waals surface area contributed by atoms with Crippen LogP contribution in [0.4, 0.5) is 10.5 Å². The van der Waals surface area contributed by atoms with Gasteiger partial charge >= 0.3 is 6.03 Å². The molecular weight excluding hydrogens is 308 g/mol. The standard InChI is InChI=1S/C17H22N4O3/c1-11-4-3-9-21(15(11)10-22)17(23)18-14-7-5-13(6-8-14)16-20-19-12(2)24-16/h5-8,11,15,22H,3-4,9-10H2,1-2H3,(H,18,23). The minimum absolute atomic E-state index is 0.00988. The molecule has 2 amide bonds. The number of nitrogens with one attached hydrogen (secondary N) is 1. The van der Waals surface area contributed by atoms with Crippen LogP contribution in [-0.4, -0.2) is 45.4 Å². The van der Waals surface area contributed by atoms with Crippen LogP contribution in [0.5, 0.6) is 0 Å². The number of hydrogen-bond acceptors (Lipinski definition) is 5. The van der Waals surface area contributed by atoms with Gasteiger partial charge in [-0.2, -0.15) is 0 Å². The van der Waals surface area contributed by atoms with E-state index in [9.17, 15) is 9.90 Å². The van der Waals surface area contributed by atoms with E-state index in [1.807, 2.05) is 12.1 Å². The van der Waals surface area contributed by atoms with Crippen LogP contribution < -0.4 is 5.32 Å². The van der Waals surface area contributed by atoms with Crippen molar-refractivity contribution in [3.05, 3.63) is 30.2 Å². The lowest BCUT2D eigenvalue weighted by atomic mass is 9.91. The van der Waals surface area contributed by atoms with E-state index in [1.165, 1.54) is 0 Å². The van der Waals surface area contributed by atoms with Crippen LogP contribution in [0.25, 0.3) is 11.5 Å². The van der Waals surface area contributed by atoms with Crippen molar-refractivity contribution in [3.8, 4) is 11.5 Å². The van der Waals surface area contributed by atoms with Crippen LogP contribution in [0, 0.1) is 12.8 Å². The van der Waals surface area contributed by atoms with Crippen LogP contribution in [0.2, 0.25) is 0 Å². The third kappa shape index (κ3) is 3.41. The lowest BCUT2D eigenvalue weighted by Gasteiger charge is -2.38. The molecule has 2 atom stereocenters. The second kappa shape index (κ2) is 7.00. The van der Waals surface area contributed by atoms with Crippen molar-refractivity contribution >= 4 is 11.7 Å². The van der Waals surface area contributed by atoms with Gasteiger partial charge in [0.1, 0.15) is 0 Å². The van der Waals surface area contributed by atoms with Crippen LogP contribution in [0.3, 0.4) is 0 Å². The molecule has 24 heavy (non-hydrogen) atoms. The summed E-state index contributed by atoms with van der Waals surface area (Å²) in [6.45, 7) is 4.47. The number of aliphatic hydroxyl groups is 1. The normalized spacial score (nSPS) is 20.9. The van der Waals surface area contributed by atoms with Gasteiger partial charge < -0.3 is 19.7 Å². The Labute approximate surface area is 140 Å². The minimum atomic E-state index is -0.179. The van der Waals surface area contributed by atoms with Crippen molar-refractivity contribution in [2.24, 2.45) is 5.92 Å². The second-order valence-corrected chi connectivity index (χ2v) is 6.20. The summed E-state index contributed by atoms with van der Waals surface area (Å²) >= 11 is 0. The zero-order valence-corrected chi connectivity index (χ0v) is 13.9. The third-order valence-electron chi connectivity index (χ3n) is 4.47. The number of aromatic nitrogens is 2. The highest BCUT2D eigenvalue weighted by atomic mass is 16.4. The molecule has 2 aromatic rings. The molecule has 0 radical (unpaired) electrons. The highest BCUT2D eigenvalue weighted by molar-refractivity contribution is 5.89. The molecule has 1 aromatic heterocycles. The van der Waals surface area contributed by atoms with Crippen LogP contribution in [0.1, 0.15) is 25.7 Å². The number of hydrogen-bond donors (Lipinski definition) is 2. The molecule has 1 fully saturated rings. The highest BCUT2D eigenvalue weighted by Crippen LogP contribution is 2.24. The molecule has 1 aliphatic heterocycles. The molecule has 3 rings (SSSR count). The number of carbonyl (C=O) groups is 1. The Bertz CT molecular complexity index is 698. The van der Waals surface area contributed by atoms with Crippen molar-refractivity contribution in [2.45, 2.75) is 32.7 Å². The number of nitrogens with zero attached hydrogens (tertiary/aromatic N) is 3. The van der Waals surface area contributed by atoms with Gasteiger partial charge in [0.2, 0.25) is 11.8 Å². The Morgan fingerprint density at radius 1 is 1.38 bits per heavy atom. The maximum absolute atomic E-state index is 12.5. The Morgan fingerprint density at radius 3 is 2.75 bits per heavy atom. The van der Waals surface area contributed by atoms with E-state index in [0.29, 0.717) is 29.9 Å². The van der Waals surface area contributed by atoms with Gasteiger partial charge in [-0.3, -0.25) is 0 Å². The van der Waals surface area contributed by atoms with Crippen molar-refractivity contribution in [1.82, 2.24) is 15.1 Å². The summed E-state index contributed by atoms with van der Waals surface area (Å²) in [6, 6.07) is 6.94. The number of aryl methyl sites for hydroxylation is 1. The molecule has 1 aliphatic rings. The smallest absolute Gasteiger partial charge is 0.322 e. The quantitative estimate of drug-likeness (QED) is 0.903. The summed E-state index contributed by atoms with van der Waals surface area (Å²) in [5.74, 6) is 1.27. The summed E-state index contributed by atoms with van der Waals surface area (Å²) in [5, 5.41) is 20.2. The maximum atomic E-state index is 12.5. The molecule has 0 bridgehead atoms. The van der Waals surface area contributed by atoms with Gasteiger partial charge in [-0.25, -0.2) is 4.79 Å². The van der Waals surface area contributed by atoms with Gasteiger partial charge in [0, 0.05) is 24.7 Å². The monoisotopic (exact) mass is 330 g/mol. The minimum Gasteiger partial charge on any atom is -0.421 e. The molecule has 0 saturated carbocycles. The Hall–Kier alpha value is -2.41. The fraction of sp³-hybridized carbons (Fsp3) is 0.471. The summed E-state index contributed by atoms with van der Waals surface area (Å²) < 4.78 is 5.38. The summed E-state index contributed by atoms with van der Waals surface area (Å²) in [6.07, 6.45) is 1.99. The largest absolute Gasteiger partial charge is 0.421 e. The number of urea groups is 1. The topological polar surface area (TPSA) is 91.5 Å². The molecule has 0 spiro atoms. The first-order valence-electron chi connectivity index (χ1n) is 8.17. The fourth-order valence-corrected chi connectivity index (χ4v) is 3.08. The SMILES string of the molecule is Cc1nnc(-c2ccc(NC(=O)N3CCCC(C)C3CO)cc2)o1. The first-order chi connectivity index (χ1) is 11.6. The number of rotatable bonds is 3. The number of carbonyl (C=O) groups excluding carboxylic acids is 1. The van der Waals surface area contributed by atoms with Gasteiger partial charge in [0.05, 0.1) is 12.6 Å². The van der Waals surface area contributed by atoms with Gasteiger partial charge in [-0.15, -0.1) is 10.2 Å². The molecule has 1 saturated heterocycles. The Morgan fingerprint density at radius 2 is 2.12 bits per heavy atom. The number of anilines is 1. The van der Waals surface area contributed by atoms with E-state index in [1.54, 1.807) is 24.0 Å². The summed E-state index contributed by atoms with van der Waals surface area (Å²) in [5.41, 5.74) is 1.49. The van der Waals surface area contributed by atoms with Gasteiger partial charge in [0.15, 0.2) is 0 Å². The molecular formula is C17H22N4O3. The van der Waals surface area contributed by atoms with E-state index in [0.717, 1.165) is 18.4 Å². The molecule has 2 heterocycles. The summed E-state index contributed by atoms with van der Waals surface area (Å²) in [7, 11) is 0. The highest BCUT2D eigenvalue weighted by Gasteiger charge is 2.31. The van der Waals surface area contributed by atoms with Crippen molar-refractivity contribution in [2.75, 3.05) is 18.5 Å². The molecule has 1 aromatic carbocycles. The molecule has 7 heteroatoms. The number of likely N-dealkylation sites (tertiary alicyclic amines) is 1.